The first-order chi connectivity index (χ1) is 14.7. The number of hydrogen-bond acceptors (Lipinski definition) is 6. The fourth-order valence-corrected chi connectivity index (χ4v) is 5.25. The number of ether oxygens (including phenoxy) is 1. The molecule has 162 valence electrons. The highest BCUT2D eigenvalue weighted by atomic mass is 32.2. The number of nitrogens with two attached hydrogens (primary N) is 1. The van der Waals surface area contributed by atoms with Crippen molar-refractivity contribution in [3.05, 3.63) is 36.5 Å². The normalized spacial score (nSPS) is 19.5. The lowest BCUT2D eigenvalue weighted by atomic mass is 9.79. The van der Waals surface area contributed by atoms with Crippen molar-refractivity contribution in [1.29, 1.82) is 0 Å². The summed E-state index contributed by atoms with van der Waals surface area (Å²) in [7, 11) is 0. The number of nitrogens with zero attached hydrogens (tertiary/aromatic N) is 3. The van der Waals surface area contributed by atoms with Gasteiger partial charge in [-0.25, -0.2) is 9.66 Å². The topological polar surface area (TPSA) is 85.4 Å². The molecule has 1 aliphatic carbocycles. The van der Waals surface area contributed by atoms with E-state index in [9.17, 15) is 4.79 Å². The van der Waals surface area contributed by atoms with Crippen molar-refractivity contribution in [1.82, 2.24) is 19.9 Å². The van der Waals surface area contributed by atoms with Crippen LogP contribution in [0.25, 0.3) is 11.3 Å². The molecule has 1 amide bonds. The summed E-state index contributed by atoms with van der Waals surface area (Å²) in [6.07, 6.45) is 7.84. The fraction of sp³-hybridized carbons (Fsp3) is 0.545. The van der Waals surface area contributed by atoms with E-state index in [2.05, 4.69) is 15.2 Å². The number of nitrogens with one attached hydrogen (secondary N) is 1. The number of aromatic nitrogens is 2. The zero-order valence-electron chi connectivity index (χ0n) is 17.4. The van der Waals surface area contributed by atoms with Gasteiger partial charge >= 0.3 is 0 Å². The van der Waals surface area contributed by atoms with Crippen LogP contribution in [0.4, 0.5) is 0 Å². The van der Waals surface area contributed by atoms with Gasteiger partial charge in [-0.05, 0) is 12.8 Å². The van der Waals surface area contributed by atoms with Crippen LogP contribution >= 0.6 is 11.8 Å². The number of hydrogen-bond donors (Lipinski definition) is 2. The van der Waals surface area contributed by atoms with Crippen LogP contribution in [-0.2, 0) is 9.53 Å². The average molecular weight is 430 g/mol. The highest BCUT2D eigenvalue weighted by molar-refractivity contribution is 7.99. The van der Waals surface area contributed by atoms with Crippen LogP contribution in [0.5, 0.6) is 0 Å². The number of amides is 1. The van der Waals surface area contributed by atoms with E-state index in [4.69, 9.17) is 10.6 Å². The Bertz CT molecular complexity index is 829. The average Bonchev–Trinajstić information content (AvgIpc) is 3.18. The largest absolute Gasteiger partial charge is 0.379 e. The van der Waals surface area contributed by atoms with Gasteiger partial charge < -0.3 is 15.9 Å². The third kappa shape index (κ3) is 4.99. The Balaban J connectivity index is 1.32. The zero-order valence-corrected chi connectivity index (χ0v) is 18.2. The molecule has 4 rings (SSSR count). The molecule has 1 aromatic heterocycles. The van der Waals surface area contributed by atoms with Crippen LogP contribution in [0.15, 0.2) is 41.7 Å². The van der Waals surface area contributed by atoms with E-state index in [0.717, 1.165) is 50.4 Å². The van der Waals surface area contributed by atoms with Gasteiger partial charge in [0.05, 0.1) is 30.9 Å². The smallest absolute Gasteiger partial charge is 0.230 e. The van der Waals surface area contributed by atoms with Gasteiger partial charge in [-0.2, -0.15) is 0 Å². The molecule has 1 saturated carbocycles. The molecule has 3 N–H and O–H groups in total. The third-order valence-corrected chi connectivity index (χ3v) is 7.15. The molecule has 0 radical (unpaired) electrons. The summed E-state index contributed by atoms with van der Waals surface area (Å²) in [6.45, 7) is 4.19. The molecular weight excluding hydrogens is 398 g/mol. The predicted octanol–water partition coefficient (Wildman–Crippen LogP) is 2.51. The highest BCUT2D eigenvalue weighted by Gasteiger charge is 2.38. The second-order valence-corrected chi connectivity index (χ2v) is 9.07. The molecule has 2 aliphatic rings. The van der Waals surface area contributed by atoms with Crippen LogP contribution < -0.4 is 11.2 Å². The number of nitrogen functional groups attached to an aromatic ring is 1. The van der Waals surface area contributed by atoms with E-state index in [1.165, 1.54) is 35.7 Å². The van der Waals surface area contributed by atoms with Crippen molar-refractivity contribution < 1.29 is 9.53 Å². The number of imidazole rings is 1. The summed E-state index contributed by atoms with van der Waals surface area (Å²) in [6, 6.07) is 9.91. The first-order valence-electron chi connectivity index (χ1n) is 10.8. The summed E-state index contributed by atoms with van der Waals surface area (Å²) in [5.74, 6) is 6.39. The van der Waals surface area contributed by atoms with Gasteiger partial charge in [-0.1, -0.05) is 61.4 Å². The molecule has 0 bridgehead atoms. The molecule has 0 unspecified atom stereocenters. The minimum Gasteiger partial charge on any atom is -0.379 e. The number of rotatable bonds is 7. The van der Waals surface area contributed by atoms with Crippen molar-refractivity contribution in [2.45, 2.75) is 42.8 Å². The van der Waals surface area contributed by atoms with Crippen LogP contribution in [0.1, 0.15) is 32.1 Å². The number of thioether (sulfide) groups is 1. The zero-order chi connectivity index (χ0) is 20.8. The maximum absolute atomic E-state index is 12.6. The third-order valence-electron chi connectivity index (χ3n) is 6.18. The number of benzene rings is 1. The van der Waals surface area contributed by atoms with Gasteiger partial charge in [-0.15, -0.1) is 0 Å². The van der Waals surface area contributed by atoms with Crippen LogP contribution in [-0.4, -0.2) is 64.6 Å². The van der Waals surface area contributed by atoms with Crippen molar-refractivity contribution in [3.63, 3.8) is 0 Å². The lowest BCUT2D eigenvalue weighted by Crippen LogP contribution is -2.59. The van der Waals surface area contributed by atoms with Crippen molar-refractivity contribution in [2.24, 2.45) is 0 Å². The molecule has 8 heteroatoms. The molecule has 1 aromatic carbocycles. The molecule has 2 aromatic rings. The minimum absolute atomic E-state index is 0.0301. The van der Waals surface area contributed by atoms with E-state index in [1.54, 1.807) is 6.20 Å². The van der Waals surface area contributed by atoms with Crippen LogP contribution in [0.2, 0.25) is 0 Å². The maximum atomic E-state index is 12.6. The Labute approximate surface area is 182 Å². The van der Waals surface area contributed by atoms with E-state index in [1.807, 2.05) is 30.3 Å². The lowest BCUT2D eigenvalue weighted by Gasteiger charge is -2.48. The standard InChI is InChI=1S/C22H31N5O2S/c23-27-15-19(18-7-3-1-4-8-18)25-21(27)30-16-20(28)24-17-22(9-5-2-6-10-22)26-11-13-29-14-12-26/h1,3-4,7-8,15H,2,5-6,9-14,16-17,23H2,(H,24,28). The van der Waals surface area contributed by atoms with Gasteiger partial charge in [0.25, 0.3) is 0 Å². The summed E-state index contributed by atoms with van der Waals surface area (Å²) in [4.78, 5) is 19.8. The molecule has 0 spiro atoms. The van der Waals surface area contributed by atoms with Gasteiger partial charge in [0.2, 0.25) is 5.91 Å². The summed E-state index contributed by atoms with van der Waals surface area (Å²) >= 11 is 1.37. The molecule has 1 saturated heterocycles. The van der Waals surface area contributed by atoms with Crippen molar-refractivity contribution in [3.8, 4) is 11.3 Å². The highest BCUT2D eigenvalue weighted by Crippen LogP contribution is 2.34. The van der Waals surface area contributed by atoms with Crippen molar-refractivity contribution >= 4 is 17.7 Å². The van der Waals surface area contributed by atoms with Crippen molar-refractivity contribution in [2.75, 3.05) is 44.4 Å². The molecule has 30 heavy (non-hydrogen) atoms. The Morgan fingerprint density at radius 2 is 1.90 bits per heavy atom. The number of carbonyl (C=O) groups excluding carboxylic acids is 1. The first kappa shape index (κ1) is 21.2. The van der Waals surface area contributed by atoms with Crippen LogP contribution in [0.3, 0.4) is 0 Å². The van der Waals surface area contributed by atoms with E-state index < -0.39 is 0 Å². The quantitative estimate of drug-likeness (QED) is 0.520. The minimum atomic E-state index is 0.0301. The van der Waals surface area contributed by atoms with Gasteiger partial charge in [-0.3, -0.25) is 9.69 Å². The van der Waals surface area contributed by atoms with Crippen LogP contribution in [0, 0.1) is 0 Å². The Morgan fingerprint density at radius 3 is 2.63 bits per heavy atom. The van der Waals surface area contributed by atoms with Gasteiger partial charge in [0.1, 0.15) is 0 Å². The molecule has 7 nitrogen and oxygen atoms in total. The van der Waals surface area contributed by atoms with E-state index in [-0.39, 0.29) is 11.4 Å². The summed E-state index contributed by atoms with van der Waals surface area (Å²) in [5.41, 5.74) is 1.90. The number of morpholine rings is 1. The lowest BCUT2D eigenvalue weighted by molar-refractivity contribution is -0.119. The van der Waals surface area contributed by atoms with E-state index in [0.29, 0.717) is 17.5 Å². The first-order valence-corrected chi connectivity index (χ1v) is 11.8. The second kappa shape index (κ2) is 9.85. The van der Waals surface area contributed by atoms with E-state index >= 15 is 0 Å². The Hall–Kier alpha value is -2.03. The molecule has 2 heterocycles. The summed E-state index contributed by atoms with van der Waals surface area (Å²) < 4.78 is 7.04. The predicted molar refractivity (Wildman–Crippen MR) is 120 cm³/mol. The molecule has 1 aliphatic heterocycles. The van der Waals surface area contributed by atoms with Gasteiger partial charge in [0.15, 0.2) is 5.16 Å². The monoisotopic (exact) mass is 429 g/mol. The molecule has 2 fully saturated rings. The second-order valence-electron chi connectivity index (χ2n) is 8.13. The maximum Gasteiger partial charge on any atom is 0.230 e. The summed E-state index contributed by atoms with van der Waals surface area (Å²) in [5, 5.41) is 3.84. The molecule has 0 atom stereocenters. The fourth-order valence-electron chi connectivity index (χ4n) is 4.53. The molecular formula is C22H31N5O2S. The Morgan fingerprint density at radius 1 is 1.17 bits per heavy atom. The Kier molecular flexibility index (Phi) is 6.97. The number of carbonyl (C=O) groups is 1. The SMILES string of the molecule is Nn1cc(-c2ccccc2)nc1SCC(=O)NCC1(N2CCOCC2)CCCCC1. The van der Waals surface area contributed by atoms with Gasteiger partial charge in [0, 0.05) is 30.7 Å².